The zero-order valence-corrected chi connectivity index (χ0v) is 18.5. The van der Waals surface area contributed by atoms with E-state index in [1.54, 1.807) is 6.92 Å². The van der Waals surface area contributed by atoms with E-state index in [9.17, 15) is 15.0 Å². The summed E-state index contributed by atoms with van der Waals surface area (Å²) in [5.74, 6) is 4.00. The average Bonchev–Trinajstić information content (AvgIpc) is 3.00. The maximum atomic E-state index is 11.5. The van der Waals surface area contributed by atoms with Crippen molar-refractivity contribution < 1.29 is 15.0 Å². The van der Waals surface area contributed by atoms with Gasteiger partial charge in [-0.05, 0) is 111 Å². The molecule has 160 valence electrons. The predicted octanol–water partition coefficient (Wildman–Crippen LogP) is 4.98. The highest BCUT2D eigenvalue weighted by molar-refractivity contribution is 5.75. The highest BCUT2D eigenvalue weighted by Crippen LogP contribution is 2.68. The van der Waals surface area contributed by atoms with E-state index in [4.69, 9.17) is 0 Å². The molecule has 0 aromatic rings. The number of aliphatic hydroxyl groups is 2. The largest absolute Gasteiger partial charge is 0.393 e. The highest BCUT2D eigenvalue weighted by atomic mass is 16.3. The van der Waals surface area contributed by atoms with Crippen LogP contribution in [0, 0.1) is 46.3 Å². The van der Waals surface area contributed by atoms with E-state index < -0.39 is 0 Å². The molecule has 0 bridgehead atoms. The van der Waals surface area contributed by atoms with E-state index in [1.807, 2.05) is 0 Å². The van der Waals surface area contributed by atoms with Crippen molar-refractivity contribution in [2.45, 2.75) is 104 Å². The molecule has 0 radical (unpaired) electrons. The van der Waals surface area contributed by atoms with Gasteiger partial charge in [-0.15, -0.1) is 0 Å². The number of hydrogen-bond acceptors (Lipinski definition) is 3. The van der Waals surface area contributed by atoms with Crippen molar-refractivity contribution in [3.63, 3.8) is 0 Å². The van der Waals surface area contributed by atoms with E-state index in [2.05, 4.69) is 20.8 Å². The molecule has 4 rings (SSSR count). The van der Waals surface area contributed by atoms with Crippen LogP contribution in [0.5, 0.6) is 0 Å². The van der Waals surface area contributed by atoms with Gasteiger partial charge in [0.2, 0.25) is 0 Å². The van der Waals surface area contributed by atoms with Crippen molar-refractivity contribution >= 4 is 5.78 Å². The minimum Gasteiger partial charge on any atom is -0.393 e. The normalized spacial score (nSPS) is 51.7. The van der Waals surface area contributed by atoms with Crippen LogP contribution in [0.1, 0.15) is 91.9 Å². The van der Waals surface area contributed by atoms with Crippen molar-refractivity contribution in [3.05, 3.63) is 0 Å². The Balaban J connectivity index is 1.56. The fourth-order valence-electron chi connectivity index (χ4n) is 8.79. The van der Waals surface area contributed by atoms with Crippen LogP contribution >= 0.6 is 0 Å². The number of aliphatic hydroxyl groups excluding tert-OH is 2. The van der Waals surface area contributed by atoms with Gasteiger partial charge in [-0.25, -0.2) is 0 Å². The fraction of sp³-hybridized carbons (Fsp3) is 0.960. The third-order valence-corrected chi connectivity index (χ3v) is 10.5. The molecule has 0 aliphatic heterocycles. The van der Waals surface area contributed by atoms with Crippen molar-refractivity contribution in [2.75, 3.05) is 0 Å². The molecule has 10 atom stereocenters. The van der Waals surface area contributed by atoms with E-state index >= 15 is 0 Å². The monoisotopic (exact) mass is 390 g/mol. The lowest BCUT2D eigenvalue weighted by Crippen LogP contribution is -2.58. The first kappa shape index (κ1) is 20.8. The van der Waals surface area contributed by atoms with Crippen molar-refractivity contribution in [1.82, 2.24) is 0 Å². The van der Waals surface area contributed by atoms with E-state index in [-0.39, 0.29) is 17.6 Å². The molecular weight excluding hydrogens is 348 g/mol. The number of carbonyl (C=O) groups is 1. The summed E-state index contributed by atoms with van der Waals surface area (Å²) in [4.78, 5) is 11.5. The molecule has 0 amide bonds. The van der Waals surface area contributed by atoms with Gasteiger partial charge in [-0.1, -0.05) is 20.8 Å². The Labute approximate surface area is 171 Å². The molecule has 4 aliphatic carbocycles. The summed E-state index contributed by atoms with van der Waals surface area (Å²) >= 11 is 0. The molecule has 3 heteroatoms. The SMILES string of the molecule is CC(=O)CC[C@@H](C)[C@H]1CCC2C3CC[C@@H]4C[C@H](O)CC[C@]4(C)C3C[C@H](O)[C@@]21C. The Hall–Kier alpha value is -0.410. The first-order valence-electron chi connectivity index (χ1n) is 12.0. The van der Waals surface area contributed by atoms with Crippen LogP contribution < -0.4 is 0 Å². The smallest absolute Gasteiger partial charge is 0.129 e. The minimum atomic E-state index is -0.214. The van der Waals surface area contributed by atoms with Gasteiger partial charge in [-0.3, -0.25) is 0 Å². The molecule has 0 heterocycles. The zero-order valence-electron chi connectivity index (χ0n) is 18.5. The molecule has 3 unspecified atom stereocenters. The number of carbonyl (C=O) groups excluding carboxylic acids is 1. The van der Waals surface area contributed by atoms with Crippen LogP contribution in [-0.4, -0.2) is 28.2 Å². The molecule has 4 fully saturated rings. The lowest BCUT2D eigenvalue weighted by atomic mass is 9.43. The Morgan fingerprint density at radius 2 is 1.79 bits per heavy atom. The molecule has 0 saturated heterocycles. The van der Waals surface area contributed by atoms with E-state index in [0.29, 0.717) is 47.2 Å². The molecular formula is C25H42O3. The maximum Gasteiger partial charge on any atom is 0.129 e. The summed E-state index contributed by atoms with van der Waals surface area (Å²) in [7, 11) is 0. The third kappa shape index (κ3) is 3.11. The van der Waals surface area contributed by atoms with Crippen LogP contribution in [0.2, 0.25) is 0 Å². The van der Waals surface area contributed by atoms with Crippen molar-refractivity contribution in [1.29, 1.82) is 0 Å². The summed E-state index contributed by atoms with van der Waals surface area (Å²) in [6.45, 7) is 8.89. The zero-order chi connectivity index (χ0) is 20.3. The van der Waals surface area contributed by atoms with Gasteiger partial charge in [0, 0.05) is 6.42 Å². The standard InChI is InChI=1S/C25H42O3/c1-15(5-6-16(2)26)20-9-10-21-19-8-7-17-13-18(27)11-12-24(17,3)22(19)14-23(28)25(20,21)4/h15,17-23,27-28H,5-14H2,1-4H3/t15-,17-,18-,19?,20-,21?,22?,23+,24+,25-/m1/s1. The summed E-state index contributed by atoms with van der Waals surface area (Å²) in [5.41, 5.74) is 0.331. The van der Waals surface area contributed by atoms with Crippen LogP contribution in [0.4, 0.5) is 0 Å². The first-order chi connectivity index (χ1) is 13.2. The Morgan fingerprint density at radius 3 is 2.50 bits per heavy atom. The fourth-order valence-corrected chi connectivity index (χ4v) is 8.79. The predicted molar refractivity (Wildman–Crippen MR) is 112 cm³/mol. The second kappa shape index (κ2) is 7.38. The molecule has 4 aliphatic rings. The molecule has 28 heavy (non-hydrogen) atoms. The minimum absolute atomic E-state index is 0.0226. The molecule has 3 nitrogen and oxygen atoms in total. The lowest BCUT2D eigenvalue weighted by molar-refractivity contribution is -0.174. The van der Waals surface area contributed by atoms with Gasteiger partial charge in [-0.2, -0.15) is 0 Å². The summed E-state index contributed by atoms with van der Waals surface area (Å²) in [6.07, 6.45) is 10.4. The molecule has 0 aromatic carbocycles. The van der Waals surface area contributed by atoms with Crippen LogP contribution in [0.25, 0.3) is 0 Å². The summed E-state index contributed by atoms with van der Waals surface area (Å²) in [6, 6.07) is 0. The average molecular weight is 391 g/mol. The van der Waals surface area contributed by atoms with Crippen LogP contribution in [0.15, 0.2) is 0 Å². The van der Waals surface area contributed by atoms with Gasteiger partial charge in [0.15, 0.2) is 0 Å². The van der Waals surface area contributed by atoms with Gasteiger partial charge < -0.3 is 15.0 Å². The molecule has 2 N–H and O–H groups in total. The van der Waals surface area contributed by atoms with E-state index in [0.717, 1.165) is 38.0 Å². The maximum absolute atomic E-state index is 11.5. The third-order valence-electron chi connectivity index (χ3n) is 10.5. The second-order valence-electron chi connectivity index (χ2n) is 11.6. The Bertz CT molecular complexity index is 603. The Kier molecular flexibility index (Phi) is 5.49. The number of rotatable bonds is 4. The first-order valence-corrected chi connectivity index (χ1v) is 12.0. The van der Waals surface area contributed by atoms with Crippen molar-refractivity contribution in [3.8, 4) is 0 Å². The molecule has 0 aromatic heterocycles. The van der Waals surface area contributed by atoms with Crippen LogP contribution in [-0.2, 0) is 4.79 Å². The summed E-state index contributed by atoms with van der Waals surface area (Å²) < 4.78 is 0. The van der Waals surface area contributed by atoms with Gasteiger partial charge in [0.1, 0.15) is 5.78 Å². The second-order valence-corrected chi connectivity index (χ2v) is 11.6. The van der Waals surface area contributed by atoms with Gasteiger partial charge in [0.25, 0.3) is 0 Å². The number of hydrogen-bond donors (Lipinski definition) is 2. The van der Waals surface area contributed by atoms with Gasteiger partial charge in [0.05, 0.1) is 12.2 Å². The molecule has 0 spiro atoms. The number of fused-ring (bicyclic) bond motifs is 5. The molecule has 4 saturated carbocycles. The van der Waals surface area contributed by atoms with E-state index in [1.165, 1.54) is 25.7 Å². The lowest BCUT2D eigenvalue weighted by Gasteiger charge is -2.62. The highest BCUT2D eigenvalue weighted by Gasteiger charge is 2.63. The quantitative estimate of drug-likeness (QED) is 0.711. The number of ketones is 1. The Morgan fingerprint density at radius 1 is 1.04 bits per heavy atom. The number of Topliss-reactive ketones (excluding diaryl/α,β-unsaturated/α-hetero) is 1. The topological polar surface area (TPSA) is 57.5 Å². The van der Waals surface area contributed by atoms with Crippen LogP contribution in [0.3, 0.4) is 0 Å². The summed E-state index contributed by atoms with van der Waals surface area (Å²) in [5, 5.41) is 21.7. The van der Waals surface area contributed by atoms with Crippen molar-refractivity contribution in [2.24, 2.45) is 46.3 Å². The van der Waals surface area contributed by atoms with Gasteiger partial charge >= 0.3 is 0 Å².